The number of aromatic nitrogens is 2. The fourth-order valence-electron chi connectivity index (χ4n) is 8.71. The van der Waals surface area contributed by atoms with Gasteiger partial charge in [0.2, 0.25) is 12.3 Å². The molecule has 9 rings (SSSR count). The first-order valence-electron chi connectivity index (χ1n) is 20.6. The van der Waals surface area contributed by atoms with E-state index in [2.05, 4.69) is 59.6 Å². The lowest BCUT2D eigenvalue weighted by atomic mass is 9.12. The average molecular weight is 1050 g/mol. The zero-order valence-corrected chi connectivity index (χ0v) is 36.0. The standard InChI is InChI=1S/C26H19N2O.C24BF20/c29-25(19-8-2-1-3-9-19)18-28-15-14-27-24(17-28)26-22-12-6-4-10-20(22)16-21-11-5-7-13-23(21)26;26-5-1(6(27)14(35)21(42)13(5)34)25(2-7(28)15(36)22(43)16(37)8(2)29,3-9(30)17(38)23(44)18(39)10(3)31)4-11(32)19(40)24(45)20(41)12(4)33/h1-17H,18H2;/q+1;-1. The number of ketones is 1. The molecule has 8 aromatic carbocycles. The summed E-state index contributed by atoms with van der Waals surface area (Å²) in [5, 5.41) is 4.68. The molecule has 0 N–H and O–H groups in total. The Morgan fingerprint density at radius 2 is 0.689 bits per heavy atom. The lowest BCUT2D eigenvalue weighted by Gasteiger charge is -2.44. The van der Waals surface area contributed by atoms with Crippen LogP contribution < -0.4 is 26.4 Å². The van der Waals surface area contributed by atoms with Crippen LogP contribution in [0.2, 0.25) is 0 Å². The third kappa shape index (κ3) is 8.11. The van der Waals surface area contributed by atoms with Crippen molar-refractivity contribution in [2.45, 2.75) is 6.54 Å². The quantitative estimate of drug-likeness (QED) is 0.0289. The van der Waals surface area contributed by atoms with E-state index in [0.717, 1.165) is 22.0 Å². The van der Waals surface area contributed by atoms with Gasteiger partial charge in [-0.05, 0) is 27.6 Å². The van der Waals surface area contributed by atoms with Crippen molar-refractivity contribution in [2.24, 2.45) is 0 Å². The van der Waals surface area contributed by atoms with Crippen LogP contribution in [0.25, 0.3) is 32.8 Å². The summed E-state index contributed by atoms with van der Waals surface area (Å²) in [4.78, 5) is 17.3. The highest BCUT2D eigenvalue weighted by molar-refractivity contribution is 7.20. The fraction of sp³-hybridized carbons (Fsp3) is 0.0200. The summed E-state index contributed by atoms with van der Waals surface area (Å²) in [5.41, 5.74) is -11.7. The van der Waals surface area contributed by atoms with Crippen molar-refractivity contribution in [3.05, 3.63) is 225 Å². The fourth-order valence-corrected chi connectivity index (χ4v) is 8.71. The molecule has 0 fully saturated rings. The number of halogens is 20. The van der Waals surface area contributed by atoms with E-state index in [0.29, 0.717) is 5.56 Å². The molecule has 0 amide bonds. The molecule has 9 aromatic rings. The van der Waals surface area contributed by atoms with E-state index >= 15 is 35.1 Å². The van der Waals surface area contributed by atoms with E-state index in [1.54, 1.807) is 6.20 Å². The van der Waals surface area contributed by atoms with Gasteiger partial charge in [-0.1, -0.05) is 78.9 Å². The monoisotopic (exact) mass is 1050 g/mol. The van der Waals surface area contributed by atoms with Crippen LogP contribution in [0.15, 0.2) is 104 Å². The van der Waals surface area contributed by atoms with E-state index in [4.69, 9.17) is 0 Å². The molecule has 0 spiro atoms. The summed E-state index contributed by atoms with van der Waals surface area (Å²) in [6, 6.07) is 28.3. The van der Waals surface area contributed by atoms with Gasteiger partial charge < -0.3 is 0 Å². The third-order valence-electron chi connectivity index (χ3n) is 11.9. The minimum atomic E-state index is -7.22. The summed E-state index contributed by atoms with van der Waals surface area (Å²) < 4.78 is 296. The first-order chi connectivity index (χ1) is 35.0. The number of Topliss-reactive ketones (excluding diaryl/α,β-unsaturated/α-hetero) is 1. The highest BCUT2D eigenvalue weighted by Crippen LogP contribution is 2.35. The van der Waals surface area contributed by atoms with Crippen LogP contribution in [0.1, 0.15) is 10.4 Å². The van der Waals surface area contributed by atoms with Gasteiger partial charge in [-0.3, -0.25) is 4.79 Å². The second-order valence-corrected chi connectivity index (χ2v) is 15.9. The SMILES string of the molecule is Fc1c(F)c(F)c([B-](c2c(F)c(F)c(F)c(F)c2F)(c2c(F)c(F)c(F)c(F)c2F)c2c(F)c(F)c(F)c(F)c2F)c(F)c1F.O=C(C[n+]1ccnc(-c2c3ccccc3cc3ccccc23)c1)c1ccccc1. The largest absolute Gasteiger partial charge is 0.287 e. The molecule has 0 unspecified atom stereocenters. The molecule has 74 heavy (non-hydrogen) atoms. The van der Waals surface area contributed by atoms with Crippen molar-refractivity contribution in [1.82, 2.24) is 4.98 Å². The van der Waals surface area contributed by atoms with Crippen LogP contribution in [0.4, 0.5) is 87.8 Å². The van der Waals surface area contributed by atoms with E-state index in [1.165, 1.54) is 10.8 Å². The number of rotatable bonds is 8. The number of carbonyl (C=O) groups is 1. The lowest BCUT2D eigenvalue weighted by Crippen LogP contribution is -2.81. The van der Waals surface area contributed by atoms with Crippen LogP contribution in [-0.2, 0) is 6.54 Å². The van der Waals surface area contributed by atoms with Gasteiger partial charge >= 0.3 is 0 Å². The Morgan fingerprint density at radius 3 is 1.03 bits per heavy atom. The second-order valence-electron chi connectivity index (χ2n) is 15.9. The molecular weight excluding hydrogens is 1040 g/mol. The molecule has 0 bridgehead atoms. The lowest BCUT2D eigenvalue weighted by molar-refractivity contribution is -0.683. The minimum Gasteiger partial charge on any atom is -0.287 e. The molecule has 0 atom stereocenters. The number of benzene rings is 8. The van der Waals surface area contributed by atoms with E-state index in [9.17, 15) is 57.5 Å². The van der Waals surface area contributed by atoms with Crippen molar-refractivity contribution in [1.29, 1.82) is 0 Å². The van der Waals surface area contributed by atoms with Gasteiger partial charge in [0, 0.05) is 11.1 Å². The summed E-state index contributed by atoms with van der Waals surface area (Å²) in [5.74, 6) is -71.3. The molecule has 0 radical (unpaired) electrons. The predicted molar refractivity (Wildman–Crippen MR) is 225 cm³/mol. The Kier molecular flexibility index (Phi) is 13.8. The third-order valence-corrected chi connectivity index (χ3v) is 11.9. The van der Waals surface area contributed by atoms with Gasteiger partial charge in [0.1, 0.15) is 58.4 Å². The maximum atomic E-state index is 15.4. The highest BCUT2D eigenvalue weighted by atomic mass is 19.2. The molecule has 0 aliphatic heterocycles. The Balaban J connectivity index is 0.000000215. The summed E-state index contributed by atoms with van der Waals surface area (Å²) in [6.07, 6.45) is -1.64. The van der Waals surface area contributed by atoms with Crippen LogP contribution in [0.5, 0.6) is 0 Å². The smallest absolute Gasteiger partial charge is 0.227 e. The van der Waals surface area contributed by atoms with E-state index in [1.807, 2.05) is 47.3 Å². The van der Waals surface area contributed by atoms with Crippen LogP contribution in [-0.4, -0.2) is 16.9 Å². The molecule has 1 aromatic heterocycles. The Hall–Kier alpha value is -8.31. The maximum absolute atomic E-state index is 15.4. The van der Waals surface area contributed by atoms with Crippen LogP contribution in [0.3, 0.4) is 0 Å². The molecule has 0 saturated heterocycles. The van der Waals surface area contributed by atoms with Gasteiger partial charge in [-0.15, -0.1) is 21.9 Å². The molecule has 1 heterocycles. The Labute approximate surface area is 400 Å². The normalized spacial score (nSPS) is 11.6. The van der Waals surface area contributed by atoms with Crippen molar-refractivity contribution in [3.63, 3.8) is 0 Å². The number of hydrogen-bond acceptors (Lipinski definition) is 2. The summed E-state index contributed by atoms with van der Waals surface area (Å²) in [7, 11) is 0. The number of fused-ring (bicyclic) bond motifs is 2. The van der Waals surface area contributed by atoms with Crippen molar-refractivity contribution in [3.8, 4) is 11.3 Å². The molecule has 24 heteroatoms. The van der Waals surface area contributed by atoms with E-state index in [-0.39, 0.29) is 12.3 Å². The number of carbonyl (C=O) groups excluding carboxylic acids is 1. The van der Waals surface area contributed by atoms with E-state index < -0.39 is 144 Å². The molecule has 0 saturated carbocycles. The van der Waals surface area contributed by atoms with Gasteiger partial charge in [-0.25, -0.2) is 92.8 Å². The van der Waals surface area contributed by atoms with Gasteiger partial charge in [0.15, 0.2) is 82.2 Å². The molecule has 0 aliphatic rings. The molecule has 378 valence electrons. The summed E-state index contributed by atoms with van der Waals surface area (Å²) >= 11 is 0. The molecule has 0 aliphatic carbocycles. The second kappa shape index (κ2) is 19.6. The Morgan fingerprint density at radius 1 is 0.392 bits per heavy atom. The maximum Gasteiger partial charge on any atom is 0.227 e. The Bertz CT molecular complexity index is 3370. The topological polar surface area (TPSA) is 33.8 Å². The highest BCUT2D eigenvalue weighted by Gasteiger charge is 2.52. The minimum absolute atomic E-state index is 0.0792. The average Bonchev–Trinajstić information content (AvgIpc) is 3.40. The predicted octanol–water partition coefficient (Wildman–Crippen LogP) is 11.1. The first-order valence-corrected chi connectivity index (χ1v) is 20.6. The number of nitrogens with zero attached hydrogens (tertiary/aromatic N) is 2. The van der Waals surface area contributed by atoms with Crippen molar-refractivity contribution >= 4 is 55.3 Å². The summed E-state index contributed by atoms with van der Waals surface area (Å²) in [6.45, 7) is 0.280. The van der Waals surface area contributed by atoms with Gasteiger partial charge in [0.25, 0.3) is 0 Å². The zero-order valence-electron chi connectivity index (χ0n) is 36.0. The van der Waals surface area contributed by atoms with Gasteiger partial charge in [0.05, 0.1) is 6.20 Å². The van der Waals surface area contributed by atoms with Crippen LogP contribution in [0, 0.1) is 116 Å². The van der Waals surface area contributed by atoms with Crippen molar-refractivity contribution in [2.75, 3.05) is 0 Å². The zero-order chi connectivity index (χ0) is 54.0. The van der Waals surface area contributed by atoms with Crippen LogP contribution >= 0.6 is 0 Å². The van der Waals surface area contributed by atoms with Gasteiger partial charge in [-0.2, -0.15) is 4.57 Å². The first kappa shape index (κ1) is 52.0. The van der Waals surface area contributed by atoms with Crippen molar-refractivity contribution < 1.29 is 97.2 Å². The number of hydrogen-bond donors (Lipinski definition) is 0. The molecular formula is C50H19BF20N2O. The molecule has 3 nitrogen and oxygen atoms in total.